The van der Waals surface area contributed by atoms with E-state index in [9.17, 15) is 14.7 Å². The number of hydrogen-bond acceptors (Lipinski definition) is 7. The topological polar surface area (TPSA) is 104 Å². The Bertz CT molecular complexity index is 1050. The summed E-state index contributed by atoms with van der Waals surface area (Å²) in [6.07, 6.45) is 5.63. The maximum atomic E-state index is 14.1. The van der Waals surface area contributed by atoms with E-state index in [0.717, 1.165) is 25.8 Å². The van der Waals surface area contributed by atoms with Gasteiger partial charge >= 0.3 is 0 Å². The van der Waals surface area contributed by atoms with E-state index in [0.29, 0.717) is 35.7 Å². The molecule has 1 aliphatic rings. The number of nitrogens with zero attached hydrogens (tertiary/aromatic N) is 3. The lowest BCUT2D eigenvalue weighted by Crippen LogP contribution is -2.47. The van der Waals surface area contributed by atoms with Crippen LogP contribution in [-0.2, 0) is 4.74 Å². The van der Waals surface area contributed by atoms with Gasteiger partial charge in [-0.05, 0) is 77.5 Å². The van der Waals surface area contributed by atoms with Gasteiger partial charge in [0.25, 0.3) is 11.8 Å². The number of carbonyl (C=O) groups is 2. The number of nitrogens with one attached hydrogen (secondary N) is 1. The highest BCUT2D eigenvalue weighted by molar-refractivity contribution is 6.05. The summed E-state index contributed by atoms with van der Waals surface area (Å²) < 4.78 is 12.5. The molecule has 2 N–H and O–H groups in total. The van der Waals surface area contributed by atoms with Gasteiger partial charge in [-0.3, -0.25) is 14.6 Å². The van der Waals surface area contributed by atoms with Crippen molar-refractivity contribution in [2.45, 2.75) is 58.3 Å². The molecule has 0 radical (unpaired) electrons. The van der Waals surface area contributed by atoms with E-state index in [2.05, 4.69) is 22.1 Å². The summed E-state index contributed by atoms with van der Waals surface area (Å²) in [6.45, 7) is 7.51. The number of rotatable bonds is 6. The Balaban J connectivity index is 1.98. The van der Waals surface area contributed by atoms with Crippen LogP contribution in [0, 0.1) is 5.92 Å². The van der Waals surface area contributed by atoms with E-state index >= 15 is 0 Å². The second-order valence-corrected chi connectivity index (χ2v) is 10.5. The first-order valence-electron chi connectivity index (χ1n) is 13.4. The zero-order valence-corrected chi connectivity index (χ0v) is 23.2. The molecule has 1 aromatic heterocycles. The van der Waals surface area contributed by atoms with Crippen LogP contribution in [0.15, 0.2) is 42.7 Å². The van der Waals surface area contributed by atoms with Crippen LogP contribution in [0.3, 0.4) is 0 Å². The first-order valence-corrected chi connectivity index (χ1v) is 13.4. The van der Waals surface area contributed by atoms with E-state index in [4.69, 9.17) is 9.47 Å². The maximum absolute atomic E-state index is 14.1. The van der Waals surface area contributed by atoms with Crippen molar-refractivity contribution >= 4 is 17.5 Å². The minimum Gasteiger partial charge on any atom is -0.490 e. The second-order valence-electron chi connectivity index (χ2n) is 10.5. The van der Waals surface area contributed by atoms with Crippen molar-refractivity contribution in [3.63, 3.8) is 0 Å². The Morgan fingerprint density at radius 1 is 1.21 bits per heavy atom. The molecule has 0 saturated carbocycles. The average molecular weight is 527 g/mol. The molecule has 9 heteroatoms. The van der Waals surface area contributed by atoms with Crippen LogP contribution >= 0.6 is 0 Å². The van der Waals surface area contributed by atoms with Gasteiger partial charge in [-0.1, -0.05) is 6.92 Å². The number of carbonyl (C=O) groups excluding carboxylic acids is 2. The average Bonchev–Trinajstić information content (AvgIpc) is 2.90. The van der Waals surface area contributed by atoms with Crippen LogP contribution in [0.25, 0.3) is 0 Å². The largest absolute Gasteiger partial charge is 0.490 e. The Morgan fingerprint density at radius 3 is 2.63 bits per heavy atom. The summed E-state index contributed by atoms with van der Waals surface area (Å²) in [6, 6.07) is 7.97. The van der Waals surface area contributed by atoms with Gasteiger partial charge in [-0.15, -0.1) is 0 Å². The molecule has 0 bridgehead atoms. The Kier molecular flexibility index (Phi) is 11.1. The van der Waals surface area contributed by atoms with Gasteiger partial charge in [0.1, 0.15) is 5.75 Å². The Hall–Kier alpha value is -3.01. The summed E-state index contributed by atoms with van der Waals surface area (Å²) in [5.41, 5.74) is 1.29. The third-order valence-electron chi connectivity index (χ3n) is 6.80. The molecule has 3 rings (SSSR count). The third kappa shape index (κ3) is 8.24. The normalized spacial score (nSPS) is 22.2. The van der Waals surface area contributed by atoms with Crippen molar-refractivity contribution in [3.05, 3.63) is 53.9 Å². The number of pyridine rings is 1. The lowest BCUT2D eigenvalue weighted by Gasteiger charge is -2.35. The zero-order valence-electron chi connectivity index (χ0n) is 23.2. The first kappa shape index (κ1) is 29.5. The fourth-order valence-corrected chi connectivity index (χ4v) is 4.53. The number of likely N-dealkylation sites (N-methyl/N-ethyl adjacent to an activating group) is 1. The smallest absolute Gasteiger partial charge is 0.258 e. The number of amides is 2. The minimum atomic E-state index is -0.418. The zero-order chi connectivity index (χ0) is 27.7. The highest BCUT2D eigenvalue weighted by atomic mass is 16.5. The van der Waals surface area contributed by atoms with E-state index in [-0.39, 0.29) is 36.5 Å². The molecule has 0 unspecified atom stereocenters. The van der Waals surface area contributed by atoms with Gasteiger partial charge in [0.05, 0.1) is 30.4 Å². The van der Waals surface area contributed by atoms with E-state index in [1.54, 1.807) is 47.6 Å². The third-order valence-corrected chi connectivity index (χ3v) is 6.80. The van der Waals surface area contributed by atoms with Crippen molar-refractivity contribution < 1.29 is 24.2 Å². The number of fused-ring (bicyclic) bond motifs is 1. The predicted octanol–water partition coefficient (Wildman–Crippen LogP) is 3.69. The lowest BCUT2D eigenvalue weighted by atomic mass is 10.0. The second kappa shape index (κ2) is 14.2. The molecule has 0 fully saturated rings. The van der Waals surface area contributed by atoms with E-state index in [1.807, 2.05) is 27.9 Å². The Morgan fingerprint density at radius 2 is 1.95 bits per heavy atom. The standard InChI is InChI=1S/C29H42N4O5/c1-20-17-33(21(2)19-34)29(36)25-16-24(31-28(35)23-11-13-30-14-12-23)9-10-26(25)38-22(3)8-6-7-15-37-27(20)18-32(4)5/h9-14,16,20-22,27,34H,6-8,15,17-19H2,1-5H3,(H,31,35)/t20-,21-,22-,27+/m0/s1. The number of hydrogen-bond donors (Lipinski definition) is 2. The summed E-state index contributed by atoms with van der Waals surface area (Å²) >= 11 is 0. The molecule has 9 nitrogen and oxygen atoms in total. The summed E-state index contributed by atoms with van der Waals surface area (Å²) in [7, 11) is 4.02. The molecule has 4 atom stereocenters. The molecule has 1 aliphatic heterocycles. The van der Waals surface area contributed by atoms with E-state index in [1.165, 1.54) is 0 Å². The molecule has 0 spiro atoms. The summed E-state index contributed by atoms with van der Waals surface area (Å²) in [4.78, 5) is 34.6. The van der Waals surface area contributed by atoms with Crippen LogP contribution in [0.4, 0.5) is 5.69 Å². The number of aliphatic hydroxyl groups excluding tert-OH is 1. The van der Waals surface area contributed by atoms with Crippen LogP contribution in [-0.4, -0.2) is 90.4 Å². The molecular weight excluding hydrogens is 484 g/mol. The van der Waals surface area contributed by atoms with Crippen molar-refractivity contribution in [2.24, 2.45) is 5.92 Å². The molecule has 1 aromatic carbocycles. The quantitative estimate of drug-likeness (QED) is 0.592. The molecular formula is C29H42N4O5. The molecule has 0 saturated heterocycles. The Labute approximate surface area is 226 Å². The number of anilines is 1. The summed E-state index contributed by atoms with van der Waals surface area (Å²) in [5, 5.41) is 12.9. The fraction of sp³-hybridized carbons (Fsp3) is 0.552. The van der Waals surface area contributed by atoms with Gasteiger partial charge in [0.15, 0.2) is 0 Å². The molecule has 38 heavy (non-hydrogen) atoms. The molecule has 2 heterocycles. The molecule has 2 aromatic rings. The maximum Gasteiger partial charge on any atom is 0.258 e. The lowest BCUT2D eigenvalue weighted by molar-refractivity contribution is -0.0137. The first-order chi connectivity index (χ1) is 18.2. The van der Waals surface area contributed by atoms with Gasteiger partial charge in [-0.25, -0.2) is 0 Å². The van der Waals surface area contributed by atoms with Crippen LogP contribution in [0.5, 0.6) is 5.75 Å². The minimum absolute atomic E-state index is 0.0242. The number of aliphatic hydroxyl groups is 1. The molecule has 0 aliphatic carbocycles. The number of ether oxygens (including phenoxy) is 2. The fourth-order valence-electron chi connectivity index (χ4n) is 4.53. The highest BCUT2D eigenvalue weighted by Crippen LogP contribution is 2.28. The number of aromatic nitrogens is 1. The molecule has 208 valence electrons. The number of benzene rings is 1. The van der Waals surface area contributed by atoms with Gasteiger partial charge in [0.2, 0.25) is 0 Å². The van der Waals surface area contributed by atoms with Crippen LogP contribution < -0.4 is 10.1 Å². The monoisotopic (exact) mass is 526 g/mol. The van der Waals surface area contributed by atoms with Gasteiger partial charge in [-0.2, -0.15) is 0 Å². The summed E-state index contributed by atoms with van der Waals surface area (Å²) in [5.74, 6) is -0.0735. The van der Waals surface area contributed by atoms with Gasteiger partial charge in [0, 0.05) is 49.3 Å². The SMILES string of the molecule is C[C@H]1CCCCO[C@H](CN(C)C)[C@@H](C)CN([C@@H](C)CO)C(=O)c2cc(NC(=O)c3ccncc3)ccc2O1. The van der Waals surface area contributed by atoms with Crippen molar-refractivity contribution in [3.8, 4) is 5.75 Å². The van der Waals surface area contributed by atoms with Crippen LogP contribution in [0.1, 0.15) is 60.7 Å². The predicted molar refractivity (Wildman–Crippen MR) is 148 cm³/mol. The van der Waals surface area contributed by atoms with Crippen molar-refractivity contribution in [2.75, 3.05) is 45.7 Å². The van der Waals surface area contributed by atoms with Crippen molar-refractivity contribution in [1.82, 2.24) is 14.8 Å². The van der Waals surface area contributed by atoms with Crippen LogP contribution in [0.2, 0.25) is 0 Å². The van der Waals surface area contributed by atoms with E-state index < -0.39 is 6.04 Å². The molecule has 2 amide bonds. The van der Waals surface area contributed by atoms with Crippen molar-refractivity contribution in [1.29, 1.82) is 0 Å². The van der Waals surface area contributed by atoms with Gasteiger partial charge < -0.3 is 29.7 Å². The highest BCUT2D eigenvalue weighted by Gasteiger charge is 2.30.